The van der Waals surface area contributed by atoms with Gasteiger partial charge in [-0.25, -0.2) is 0 Å². The average Bonchev–Trinajstić information content (AvgIpc) is 2.54. The fraction of sp³-hybridized carbons (Fsp3) is 0.316. The van der Waals surface area contributed by atoms with E-state index in [2.05, 4.69) is 26.1 Å². The van der Waals surface area contributed by atoms with E-state index in [0.717, 1.165) is 16.9 Å². The predicted molar refractivity (Wildman–Crippen MR) is 94.0 cm³/mol. The van der Waals surface area contributed by atoms with Crippen molar-refractivity contribution in [1.82, 2.24) is 5.32 Å². The summed E-state index contributed by atoms with van der Waals surface area (Å²) in [7, 11) is 0. The molecular formula is C19H23NOS. The van der Waals surface area contributed by atoms with Gasteiger partial charge in [-0.15, -0.1) is 11.8 Å². The van der Waals surface area contributed by atoms with Crippen LogP contribution in [0.5, 0.6) is 0 Å². The minimum absolute atomic E-state index is 0.0619. The van der Waals surface area contributed by atoms with Crippen molar-refractivity contribution in [3.8, 4) is 0 Å². The Morgan fingerprint density at radius 3 is 2.14 bits per heavy atom. The summed E-state index contributed by atoms with van der Waals surface area (Å²) in [6.45, 7) is 6.20. The minimum Gasteiger partial charge on any atom is -0.350 e. The smallest absolute Gasteiger partial charge is 0.238 e. The minimum atomic E-state index is -0.241. The highest BCUT2D eigenvalue weighted by Crippen LogP contribution is 2.35. The monoisotopic (exact) mass is 313 g/mol. The van der Waals surface area contributed by atoms with E-state index in [1.165, 1.54) is 0 Å². The Balaban J connectivity index is 2.24. The number of benzene rings is 2. The third kappa shape index (κ3) is 4.63. The van der Waals surface area contributed by atoms with Gasteiger partial charge >= 0.3 is 0 Å². The van der Waals surface area contributed by atoms with Gasteiger partial charge in [0.25, 0.3) is 0 Å². The Labute approximate surface area is 137 Å². The van der Waals surface area contributed by atoms with E-state index >= 15 is 0 Å². The van der Waals surface area contributed by atoms with Crippen LogP contribution >= 0.6 is 11.8 Å². The highest BCUT2D eigenvalue weighted by atomic mass is 32.2. The van der Waals surface area contributed by atoms with Gasteiger partial charge in [-0.1, -0.05) is 55.5 Å². The molecule has 3 heteroatoms. The van der Waals surface area contributed by atoms with Crippen molar-refractivity contribution in [2.24, 2.45) is 0 Å². The molecule has 0 bridgehead atoms. The molecule has 0 aliphatic heterocycles. The Morgan fingerprint density at radius 2 is 1.59 bits per heavy atom. The van der Waals surface area contributed by atoms with Crippen molar-refractivity contribution < 1.29 is 4.79 Å². The van der Waals surface area contributed by atoms with E-state index in [1.54, 1.807) is 11.8 Å². The van der Waals surface area contributed by atoms with Crippen molar-refractivity contribution in [2.45, 2.75) is 42.9 Å². The largest absolute Gasteiger partial charge is 0.350 e. The quantitative estimate of drug-likeness (QED) is 0.774. The lowest BCUT2D eigenvalue weighted by atomic mass is 10.0. The van der Waals surface area contributed by atoms with Crippen molar-refractivity contribution in [2.75, 3.05) is 0 Å². The van der Waals surface area contributed by atoms with E-state index in [4.69, 9.17) is 0 Å². The molecule has 0 saturated carbocycles. The van der Waals surface area contributed by atoms with Gasteiger partial charge in [-0.05, 0) is 38.0 Å². The summed E-state index contributed by atoms with van der Waals surface area (Å²) in [5, 5.41) is 2.92. The molecule has 116 valence electrons. The maximum atomic E-state index is 12.8. The summed E-state index contributed by atoms with van der Waals surface area (Å²) >= 11 is 1.59. The topological polar surface area (TPSA) is 29.1 Å². The summed E-state index contributed by atoms with van der Waals surface area (Å²) in [4.78, 5) is 13.9. The SMILES string of the molecule is CCC(C)(C)NC(=O)[C@@H](Sc1ccccc1)c1ccccc1. The van der Waals surface area contributed by atoms with Gasteiger partial charge in [0.2, 0.25) is 5.91 Å². The second kappa shape index (κ2) is 7.50. The Kier molecular flexibility index (Phi) is 5.67. The van der Waals surface area contributed by atoms with Gasteiger partial charge in [-0.2, -0.15) is 0 Å². The molecule has 1 amide bonds. The number of carbonyl (C=O) groups excluding carboxylic acids is 1. The summed E-state index contributed by atoms with van der Waals surface area (Å²) in [6, 6.07) is 20.0. The van der Waals surface area contributed by atoms with Crippen LogP contribution in [0.25, 0.3) is 0 Å². The van der Waals surface area contributed by atoms with E-state index < -0.39 is 0 Å². The van der Waals surface area contributed by atoms with E-state index in [-0.39, 0.29) is 16.7 Å². The molecule has 2 aromatic carbocycles. The lowest BCUT2D eigenvalue weighted by molar-refractivity contribution is -0.122. The van der Waals surface area contributed by atoms with E-state index in [9.17, 15) is 4.79 Å². The zero-order chi connectivity index (χ0) is 16.0. The van der Waals surface area contributed by atoms with Crippen LogP contribution in [0.15, 0.2) is 65.6 Å². The molecule has 0 spiro atoms. The Morgan fingerprint density at radius 1 is 1.05 bits per heavy atom. The molecule has 0 fully saturated rings. The second-order valence-electron chi connectivity index (χ2n) is 5.95. The van der Waals surface area contributed by atoms with Crippen LogP contribution in [0.1, 0.15) is 38.0 Å². The molecular weight excluding hydrogens is 290 g/mol. The second-order valence-corrected chi connectivity index (χ2v) is 7.13. The van der Waals surface area contributed by atoms with Crippen LogP contribution in [0.2, 0.25) is 0 Å². The van der Waals surface area contributed by atoms with E-state index in [0.29, 0.717) is 0 Å². The Hall–Kier alpha value is -1.74. The first-order valence-electron chi connectivity index (χ1n) is 7.60. The molecule has 22 heavy (non-hydrogen) atoms. The van der Waals surface area contributed by atoms with Crippen LogP contribution in [-0.4, -0.2) is 11.4 Å². The summed E-state index contributed by atoms with van der Waals surface area (Å²) in [5.74, 6) is 0.0619. The van der Waals surface area contributed by atoms with Crippen molar-refractivity contribution in [3.63, 3.8) is 0 Å². The van der Waals surface area contributed by atoms with Gasteiger partial charge in [0.15, 0.2) is 0 Å². The predicted octanol–water partition coefficient (Wildman–Crippen LogP) is 4.82. The van der Waals surface area contributed by atoms with Gasteiger partial charge in [0, 0.05) is 10.4 Å². The van der Waals surface area contributed by atoms with Gasteiger partial charge < -0.3 is 5.32 Å². The third-order valence-corrected chi connectivity index (χ3v) is 4.95. The molecule has 2 aromatic rings. The number of amides is 1. The first kappa shape index (κ1) is 16.6. The number of hydrogen-bond acceptors (Lipinski definition) is 2. The number of rotatable bonds is 6. The van der Waals surface area contributed by atoms with Crippen molar-refractivity contribution in [1.29, 1.82) is 0 Å². The number of nitrogens with one attached hydrogen (secondary N) is 1. The highest BCUT2D eigenvalue weighted by molar-refractivity contribution is 8.00. The molecule has 0 saturated heterocycles. The first-order valence-corrected chi connectivity index (χ1v) is 8.48. The number of thioether (sulfide) groups is 1. The van der Waals surface area contributed by atoms with E-state index in [1.807, 2.05) is 60.7 Å². The maximum Gasteiger partial charge on any atom is 0.238 e. The standard InChI is InChI=1S/C19H23NOS/c1-4-19(2,3)20-18(21)17(15-11-7-5-8-12-15)22-16-13-9-6-10-14-16/h5-14,17H,4H2,1-3H3,(H,20,21)/t17-/m0/s1. The molecule has 0 aliphatic rings. The van der Waals surface area contributed by atoms with Crippen LogP contribution in [0.3, 0.4) is 0 Å². The van der Waals surface area contributed by atoms with Crippen LogP contribution in [0.4, 0.5) is 0 Å². The molecule has 2 nitrogen and oxygen atoms in total. The fourth-order valence-electron chi connectivity index (χ4n) is 2.02. The summed E-state index contributed by atoms with van der Waals surface area (Å²) in [6.07, 6.45) is 0.899. The summed E-state index contributed by atoms with van der Waals surface area (Å²) in [5.41, 5.74) is 0.835. The van der Waals surface area contributed by atoms with Gasteiger partial charge in [-0.3, -0.25) is 4.79 Å². The van der Waals surface area contributed by atoms with Crippen molar-refractivity contribution in [3.05, 3.63) is 66.2 Å². The molecule has 0 heterocycles. The molecule has 0 aliphatic carbocycles. The van der Waals surface area contributed by atoms with Crippen LogP contribution < -0.4 is 5.32 Å². The lowest BCUT2D eigenvalue weighted by Gasteiger charge is -2.27. The van der Waals surface area contributed by atoms with Crippen LogP contribution in [-0.2, 0) is 4.79 Å². The average molecular weight is 313 g/mol. The molecule has 0 radical (unpaired) electrons. The Bertz CT molecular complexity index is 595. The first-order chi connectivity index (χ1) is 10.5. The van der Waals surface area contributed by atoms with Crippen molar-refractivity contribution >= 4 is 17.7 Å². The summed E-state index contributed by atoms with van der Waals surface area (Å²) < 4.78 is 0. The molecule has 1 N–H and O–H groups in total. The lowest BCUT2D eigenvalue weighted by Crippen LogP contribution is -2.44. The van der Waals surface area contributed by atoms with Crippen LogP contribution in [0, 0.1) is 0 Å². The molecule has 1 atom stereocenters. The third-order valence-electron chi connectivity index (χ3n) is 3.68. The van der Waals surface area contributed by atoms with Gasteiger partial charge in [0.1, 0.15) is 5.25 Å². The molecule has 0 unspecified atom stereocenters. The normalized spacial score (nSPS) is 12.7. The molecule has 2 rings (SSSR count). The number of hydrogen-bond donors (Lipinski definition) is 1. The zero-order valence-corrected chi connectivity index (χ0v) is 14.2. The van der Waals surface area contributed by atoms with Gasteiger partial charge in [0.05, 0.1) is 0 Å². The number of carbonyl (C=O) groups is 1. The fourth-order valence-corrected chi connectivity index (χ4v) is 3.07. The highest BCUT2D eigenvalue weighted by Gasteiger charge is 2.26. The zero-order valence-electron chi connectivity index (χ0n) is 13.4. The maximum absolute atomic E-state index is 12.8. The molecule has 0 aromatic heterocycles.